The molecule has 0 bridgehead atoms. The molecule has 16 heteroatoms. The Morgan fingerprint density at radius 2 is 1.12 bits per heavy atom. The quantitative estimate of drug-likeness (QED) is 0.519. The highest BCUT2D eigenvalue weighted by Gasteiger charge is 2.64. The minimum absolute atomic E-state index is 0.561. The summed E-state index contributed by atoms with van der Waals surface area (Å²) < 4.78 is 0. The van der Waals surface area contributed by atoms with Crippen molar-refractivity contribution in [3.05, 3.63) is 21.9 Å². The summed E-state index contributed by atoms with van der Waals surface area (Å²) in [6.07, 6.45) is 0. The summed E-state index contributed by atoms with van der Waals surface area (Å²) in [5.74, 6) is 0. The lowest BCUT2D eigenvalue weighted by Gasteiger charge is -2.73. The summed E-state index contributed by atoms with van der Waals surface area (Å²) in [7, 11) is 87.3. The van der Waals surface area contributed by atoms with Crippen LogP contribution in [-0.4, -0.2) is 128 Å². The van der Waals surface area contributed by atoms with Crippen LogP contribution in [0.15, 0.2) is 21.9 Å². The van der Waals surface area contributed by atoms with Gasteiger partial charge in [-0.1, -0.05) is 5.21 Å². The van der Waals surface area contributed by atoms with Crippen LogP contribution in [-0.2, 0) is 0 Å². The third-order valence-corrected chi connectivity index (χ3v) is 4.78. The van der Waals surface area contributed by atoms with Crippen molar-refractivity contribution >= 4 is 118 Å². The Bertz CT molecular complexity index is 663. The van der Waals surface area contributed by atoms with Gasteiger partial charge in [-0.2, -0.15) is 5.37 Å². The fourth-order valence-electron chi connectivity index (χ4n) is 3.23. The van der Waals surface area contributed by atoms with E-state index in [2.05, 4.69) is 0 Å². The molecule has 0 aromatic rings. The SMILES string of the molecule is [B]C([B])=C(C([B])([B])[B])C1([B])C([B])=C([B])C(O)(C([B])([B])[B])C([B])([B])C1([B])[B]. The Morgan fingerprint density at radius 1 is 0.731 bits per heavy atom. The van der Waals surface area contributed by atoms with Crippen LogP contribution < -0.4 is 0 Å². The molecule has 0 spiro atoms. The van der Waals surface area contributed by atoms with Crippen molar-refractivity contribution in [3.8, 4) is 0 Å². The van der Waals surface area contributed by atoms with Crippen LogP contribution in [0.1, 0.15) is 0 Å². The van der Waals surface area contributed by atoms with Gasteiger partial charge in [-0.3, -0.25) is 0 Å². The molecule has 0 saturated carbocycles. The van der Waals surface area contributed by atoms with E-state index in [9.17, 15) is 5.11 Å². The smallest absolute Gasteiger partial charge is 0.110 e. The van der Waals surface area contributed by atoms with Gasteiger partial charge in [0.2, 0.25) is 0 Å². The zero-order valence-electron chi connectivity index (χ0n) is 14.1. The minimum atomic E-state index is -2.86. The van der Waals surface area contributed by atoms with Crippen LogP contribution in [0.4, 0.5) is 0 Å². The first-order valence-corrected chi connectivity index (χ1v) is 7.05. The van der Waals surface area contributed by atoms with E-state index in [1.54, 1.807) is 0 Å². The fraction of sp³-hybridized carbons (Fsp3) is 0.600. The van der Waals surface area contributed by atoms with Gasteiger partial charge in [0, 0.05) is 5.60 Å². The lowest BCUT2D eigenvalue weighted by molar-refractivity contribution is 0.0471. The predicted octanol–water partition coefficient (Wildman–Crippen LogP) is -4.78. The molecule has 1 aliphatic rings. The molecule has 0 aliphatic heterocycles. The van der Waals surface area contributed by atoms with Crippen LogP contribution in [0.2, 0.25) is 26.0 Å². The fourth-order valence-corrected chi connectivity index (χ4v) is 3.23. The largest absolute Gasteiger partial charge is 0.389 e. The molecular weight excluding hydrogens is 298 g/mol. The van der Waals surface area contributed by atoms with E-state index in [4.69, 9.17) is 118 Å². The van der Waals surface area contributed by atoms with Gasteiger partial charge in [0.1, 0.15) is 15.7 Å². The summed E-state index contributed by atoms with van der Waals surface area (Å²) in [6, 6.07) is 0. The zero-order valence-corrected chi connectivity index (χ0v) is 14.1. The average Bonchev–Trinajstić information content (AvgIpc) is 2.39. The number of hydrogen-bond acceptors (Lipinski definition) is 1. The highest BCUT2D eigenvalue weighted by molar-refractivity contribution is 6.68. The molecule has 1 rings (SSSR count). The van der Waals surface area contributed by atoms with Gasteiger partial charge >= 0.3 is 0 Å². The molecule has 0 fully saturated rings. The Morgan fingerprint density at radius 3 is 1.38 bits per heavy atom. The first-order chi connectivity index (χ1) is 11.1. The number of hydrogen-bond donors (Lipinski definition) is 1. The third kappa shape index (κ3) is 2.86. The standard InChI is InChI=1S/C10HB15O/c11-2-3(12)6(26,10(23,24)25)9(21,22)8(19,20)5(2,15)1(4(13)14)7(16,17)18/h26H. The second kappa shape index (κ2) is 6.46. The summed E-state index contributed by atoms with van der Waals surface area (Å²) >= 11 is 0. The molecule has 92 valence electrons. The van der Waals surface area contributed by atoms with Gasteiger partial charge in [0.05, 0.1) is 102 Å². The van der Waals surface area contributed by atoms with Gasteiger partial charge in [-0.15, -0.1) is 32.0 Å². The van der Waals surface area contributed by atoms with Crippen LogP contribution in [0.3, 0.4) is 0 Å². The topological polar surface area (TPSA) is 20.2 Å². The predicted molar refractivity (Wildman–Crippen MR) is 119 cm³/mol. The van der Waals surface area contributed by atoms with Gasteiger partial charge in [0.25, 0.3) is 0 Å². The number of allylic oxidation sites excluding steroid dienone is 2. The number of rotatable bonds is 3. The van der Waals surface area contributed by atoms with Gasteiger partial charge in [0.15, 0.2) is 0 Å². The maximum Gasteiger partial charge on any atom is 0.110 e. The van der Waals surface area contributed by atoms with E-state index in [-0.39, 0.29) is 0 Å². The average molecular weight is 299 g/mol. The Hall–Kier alpha value is 0.414. The summed E-state index contributed by atoms with van der Waals surface area (Å²) in [5.41, 5.74) is -4.83. The molecule has 0 saturated heterocycles. The molecule has 1 N–H and O–H groups in total. The minimum Gasteiger partial charge on any atom is -0.389 e. The van der Waals surface area contributed by atoms with E-state index >= 15 is 0 Å². The van der Waals surface area contributed by atoms with Gasteiger partial charge < -0.3 is 5.11 Å². The van der Waals surface area contributed by atoms with Crippen LogP contribution >= 0.6 is 0 Å². The molecule has 0 aromatic carbocycles. The monoisotopic (exact) mass is 302 g/mol. The summed E-state index contributed by atoms with van der Waals surface area (Å²) in [6.45, 7) is 0. The second-order valence-electron chi connectivity index (χ2n) is 6.78. The lowest BCUT2D eigenvalue weighted by atomic mass is 9.08. The second-order valence-corrected chi connectivity index (χ2v) is 6.78. The van der Waals surface area contributed by atoms with Crippen molar-refractivity contribution in [2.24, 2.45) is 0 Å². The molecule has 0 aromatic heterocycles. The third-order valence-electron chi connectivity index (χ3n) is 4.78. The molecular formula is C10HB15O. The Balaban J connectivity index is 4.18. The highest BCUT2D eigenvalue weighted by atomic mass is 16.3. The van der Waals surface area contributed by atoms with E-state index < -0.39 is 53.5 Å². The van der Waals surface area contributed by atoms with E-state index in [1.807, 2.05) is 0 Å². The molecule has 0 heterocycles. The molecule has 26 heavy (non-hydrogen) atoms. The van der Waals surface area contributed by atoms with E-state index in [1.165, 1.54) is 0 Å². The first kappa shape index (κ1) is 24.5. The van der Waals surface area contributed by atoms with Crippen molar-refractivity contribution in [1.29, 1.82) is 0 Å². The molecule has 30 radical (unpaired) electrons. The van der Waals surface area contributed by atoms with Crippen LogP contribution in [0.25, 0.3) is 0 Å². The van der Waals surface area contributed by atoms with Crippen molar-refractivity contribution in [2.75, 3.05) is 0 Å². The Kier molecular flexibility index (Phi) is 6.08. The summed E-state index contributed by atoms with van der Waals surface area (Å²) in [4.78, 5) is 0. The van der Waals surface area contributed by atoms with E-state index in [0.29, 0.717) is 0 Å². The van der Waals surface area contributed by atoms with Gasteiger partial charge in [-0.05, 0) is 5.31 Å². The molecule has 1 aliphatic carbocycles. The van der Waals surface area contributed by atoms with Crippen LogP contribution in [0.5, 0.6) is 0 Å². The lowest BCUT2D eigenvalue weighted by Crippen LogP contribution is -2.66. The maximum absolute atomic E-state index is 11.0. The van der Waals surface area contributed by atoms with Crippen molar-refractivity contribution in [3.63, 3.8) is 0 Å². The molecule has 0 amide bonds. The zero-order chi connectivity index (χ0) is 21.3. The highest BCUT2D eigenvalue weighted by Crippen LogP contribution is 2.76. The van der Waals surface area contributed by atoms with Crippen LogP contribution in [0, 0.1) is 0 Å². The normalized spacial score (nSPS) is 31.3. The number of aliphatic hydroxyl groups is 1. The summed E-state index contributed by atoms with van der Waals surface area (Å²) in [5, 5.41) is -2.31. The molecule has 1 nitrogen and oxygen atoms in total. The van der Waals surface area contributed by atoms with E-state index in [0.717, 1.165) is 0 Å². The van der Waals surface area contributed by atoms with Crippen molar-refractivity contribution in [1.82, 2.24) is 0 Å². The van der Waals surface area contributed by atoms with Gasteiger partial charge in [-0.25, -0.2) is 0 Å². The molecule has 2 atom stereocenters. The van der Waals surface area contributed by atoms with Crippen molar-refractivity contribution in [2.45, 2.75) is 31.6 Å². The van der Waals surface area contributed by atoms with Crippen molar-refractivity contribution < 1.29 is 5.11 Å². The maximum atomic E-state index is 11.0. The molecule has 2 unspecified atom stereocenters. The Labute approximate surface area is 176 Å². The first-order valence-electron chi connectivity index (χ1n) is 7.05.